The van der Waals surface area contributed by atoms with Crippen molar-refractivity contribution < 1.29 is 13.6 Å². The molecule has 1 N–H and O–H groups in total. The maximum absolute atomic E-state index is 13.6. The first-order chi connectivity index (χ1) is 12.6. The highest BCUT2D eigenvalue weighted by molar-refractivity contribution is 5.94. The van der Waals surface area contributed by atoms with E-state index in [1.165, 1.54) is 11.6 Å². The molecule has 0 aromatic heterocycles. The molecule has 0 saturated carbocycles. The smallest absolute Gasteiger partial charge is 0.257 e. The molecule has 1 fully saturated rings. The maximum Gasteiger partial charge on any atom is 0.257 e. The van der Waals surface area contributed by atoms with Crippen LogP contribution in [0.15, 0.2) is 48.5 Å². The molecule has 26 heavy (non-hydrogen) atoms. The van der Waals surface area contributed by atoms with Gasteiger partial charge in [0.15, 0.2) is 0 Å². The van der Waals surface area contributed by atoms with Crippen LogP contribution in [0.2, 0.25) is 0 Å². The molecule has 4 nitrogen and oxygen atoms in total. The molecule has 0 radical (unpaired) electrons. The van der Waals surface area contributed by atoms with Gasteiger partial charge in [0.2, 0.25) is 0 Å². The molecule has 1 aliphatic heterocycles. The van der Waals surface area contributed by atoms with Crippen molar-refractivity contribution in [2.75, 3.05) is 39.3 Å². The average Bonchev–Trinajstić information content (AvgIpc) is 2.64. The molecule has 0 atom stereocenters. The fraction of sp³-hybridized carbons (Fsp3) is 0.350. The molecule has 3 rings (SSSR count). The summed E-state index contributed by atoms with van der Waals surface area (Å²) in [5.41, 5.74) is 0.792. The lowest BCUT2D eigenvalue weighted by molar-refractivity contribution is 0.0926. The standard InChI is InChI=1S/C20H23F2N3O/c21-17-7-4-8-18(22)19(17)20(26)23-9-10-24-11-13-25(14-12-24)15-16-5-2-1-3-6-16/h1-8H,9-15H2,(H,23,26). The van der Waals surface area contributed by atoms with Gasteiger partial charge in [-0.3, -0.25) is 14.6 Å². The van der Waals surface area contributed by atoms with Crippen molar-refractivity contribution in [1.29, 1.82) is 0 Å². The normalized spacial score (nSPS) is 15.8. The van der Waals surface area contributed by atoms with E-state index in [-0.39, 0.29) is 0 Å². The summed E-state index contributed by atoms with van der Waals surface area (Å²) in [4.78, 5) is 16.6. The van der Waals surface area contributed by atoms with Gasteiger partial charge in [-0.15, -0.1) is 0 Å². The lowest BCUT2D eigenvalue weighted by Gasteiger charge is -2.34. The summed E-state index contributed by atoms with van der Waals surface area (Å²) in [6, 6.07) is 13.8. The van der Waals surface area contributed by atoms with Gasteiger partial charge in [0.1, 0.15) is 17.2 Å². The predicted octanol–water partition coefficient (Wildman–Crippen LogP) is 2.51. The Morgan fingerprint density at radius 1 is 0.885 bits per heavy atom. The van der Waals surface area contributed by atoms with Crippen molar-refractivity contribution in [1.82, 2.24) is 15.1 Å². The van der Waals surface area contributed by atoms with E-state index in [2.05, 4.69) is 27.2 Å². The van der Waals surface area contributed by atoms with Crippen molar-refractivity contribution in [3.8, 4) is 0 Å². The number of hydrogen-bond acceptors (Lipinski definition) is 3. The molecule has 1 heterocycles. The van der Waals surface area contributed by atoms with Gasteiger partial charge >= 0.3 is 0 Å². The number of amides is 1. The average molecular weight is 359 g/mol. The first kappa shape index (κ1) is 18.5. The van der Waals surface area contributed by atoms with Crippen molar-refractivity contribution in [2.45, 2.75) is 6.54 Å². The molecule has 0 unspecified atom stereocenters. The lowest BCUT2D eigenvalue weighted by Crippen LogP contribution is -2.48. The minimum Gasteiger partial charge on any atom is -0.351 e. The Bertz CT molecular complexity index is 711. The zero-order chi connectivity index (χ0) is 18.4. The fourth-order valence-corrected chi connectivity index (χ4v) is 3.14. The molecule has 0 aliphatic carbocycles. The Kier molecular flexibility index (Phi) is 6.30. The Morgan fingerprint density at radius 2 is 1.50 bits per heavy atom. The summed E-state index contributed by atoms with van der Waals surface area (Å²) in [7, 11) is 0. The zero-order valence-corrected chi connectivity index (χ0v) is 14.6. The highest BCUT2D eigenvalue weighted by Crippen LogP contribution is 2.12. The highest BCUT2D eigenvalue weighted by Gasteiger charge is 2.19. The van der Waals surface area contributed by atoms with E-state index in [1.54, 1.807) is 0 Å². The van der Waals surface area contributed by atoms with Gasteiger partial charge in [-0.05, 0) is 17.7 Å². The van der Waals surface area contributed by atoms with Crippen LogP contribution in [0, 0.1) is 11.6 Å². The number of carbonyl (C=O) groups excluding carboxylic acids is 1. The van der Waals surface area contributed by atoms with Crippen LogP contribution in [-0.4, -0.2) is 55.0 Å². The zero-order valence-electron chi connectivity index (χ0n) is 14.6. The van der Waals surface area contributed by atoms with E-state index >= 15 is 0 Å². The van der Waals surface area contributed by atoms with E-state index in [0.717, 1.165) is 44.9 Å². The molecule has 0 bridgehead atoms. The number of hydrogen-bond donors (Lipinski definition) is 1. The van der Waals surface area contributed by atoms with Crippen molar-refractivity contribution in [2.24, 2.45) is 0 Å². The Labute approximate surface area is 152 Å². The van der Waals surface area contributed by atoms with Crippen molar-refractivity contribution >= 4 is 5.91 Å². The molecule has 6 heteroatoms. The molecule has 1 aliphatic rings. The fourth-order valence-electron chi connectivity index (χ4n) is 3.14. The second kappa shape index (κ2) is 8.87. The molecule has 2 aromatic carbocycles. The van der Waals surface area contributed by atoms with Gasteiger partial charge in [0.05, 0.1) is 0 Å². The van der Waals surface area contributed by atoms with Crippen LogP contribution in [0.1, 0.15) is 15.9 Å². The molecule has 0 spiro atoms. The quantitative estimate of drug-likeness (QED) is 0.861. The summed E-state index contributed by atoms with van der Waals surface area (Å²) >= 11 is 0. The van der Waals surface area contributed by atoms with Crippen molar-refractivity contribution in [3.05, 3.63) is 71.3 Å². The van der Waals surface area contributed by atoms with E-state index in [4.69, 9.17) is 0 Å². The predicted molar refractivity (Wildman–Crippen MR) is 96.9 cm³/mol. The van der Waals surface area contributed by atoms with Crippen LogP contribution < -0.4 is 5.32 Å². The third-order valence-electron chi connectivity index (χ3n) is 4.62. The highest BCUT2D eigenvalue weighted by atomic mass is 19.1. The molecular formula is C20H23F2N3O. The Hall–Kier alpha value is -2.31. The molecule has 1 saturated heterocycles. The lowest BCUT2D eigenvalue weighted by atomic mass is 10.2. The number of rotatable bonds is 6. The number of piperazine rings is 1. The number of nitrogens with zero attached hydrogens (tertiary/aromatic N) is 2. The minimum absolute atomic E-state index is 0.366. The topological polar surface area (TPSA) is 35.6 Å². The molecule has 138 valence electrons. The van der Waals surface area contributed by atoms with Gasteiger partial charge in [-0.25, -0.2) is 8.78 Å². The number of nitrogens with one attached hydrogen (secondary N) is 1. The van der Waals surface area contributed by atoms with Gasteiger partial charge in [-0.1, -0.05) is 36.4 Å². The third-order valence-corrected chi connectivity index (χ3v) is 4.62. The number of halogens is 2. The molecule has 1 amide bonds. The SMILES string of the molecule is O=C(NCCN1CCN(Cc2ccccc2)CC1)c1c(F)cccc1F. The molecule has 2 aromatic rings. The Balaban J connectivity index is 1.39. The number of carbonyl (C=O) groups is 1. The maximum atomic E-state index is 13.6. The van der Waals surface area contributed by atoms with Gasteiger partial charge in [0.25, 0.3) is 5.91 Å². The summed E-state index contributed by atoms with van der Waals surface area (Å²) < 4.78 is 27.2. The van der Waals surface area contributed by atoms with E-state index < -0.39 is 23.1 Å². The monoisotopic (exact) mass is 359 g/mol. The second-order valence-electron chi connectivity index (χ2n) is 6.46. The third kappa shape index (κ3) is 4.86. The van der Waals surface area contributed by atoms with Crippen LogP contribution in [0.4, 0.5) is 8.78 Å². The van der Waals surface area contributed by atoms with E-state index in [9.17, 15) is 13.6 Å². The van der Waals surface area contributed by atoms with Gasteiger partial charge < -0.3 is 5.32 Å². The minimum atomic E-state index is -0.836. The molecular weight excluding hydrogens is 336 g/mol. The Morgan fingerprint density at radius 3 is 2.15 bits per heavy atom. The van der Waals surface area contributed by atoms with E-state index in [0.29, 0.717) is 13.1 Å². The first-order valence-electron chi connectivity index (χ1n) is 8.84. The van der Waals surface area contributed by atoms with Crippen LogP contribution in [0.5, 0.6) is 0 Å². The summed E-state index contributed by atoms with van der Waals surface area (Å²) in [5, 5.41) is 2.60. The van der Waals surface area contributed by atoms with Gasteiger partial charge in [0, 0.05) is 45.8 Å². The van der Waals surface area contributed by atoms with Crippen LogP contribution in [0.3, 0.4) is 0 Å². The number of benzene rings is 2. The van der Waals surface area contributed by atoms with E-state index in [1.807, 2.05) is 18.2 Å². The summed E-state index contributed by atoms with van der Waals surface area (Å²) in [6.45, 7) is 5.73. The van der Waals surface area contributed by atoms with Crippen molar-refractivity contribution in [3.63, 3.8) is 0 Å². The van der Waals surface area contributed by atoms with Gasteiger partial charge in [-0.2, -0.15) is 0 Å². The second-order valence-corrected chi connectivity index (χ2v) is 6.46. The van der Waals surface area contributed by atoms with Crippen LogP contribution >= 0.6 is 0 Å². The summed E-state index contributed by atoms with van der Waals surface area (Å²) in [6.07, 6.45) is 0. The summed E-state index contributed by atoms with van der Waals surface area (Å²) in [5.74, 6) is -2.38. The first-order valence-corrected chi connectivity index (χ1v) is 8.84. The van der Waals surface area contributed by atoms with Crippen LogP contribution in [-0.2, 0) is 6.54 Å². The largest absolute Gasteiger partial charge is 0.351 e. The van der Waals surface area contributed by atoms with Crippen LogP contribution in [0.25, 0.3) is 0 Å².